The van der Waals surface area contributed by atoms with E-state index >= 15 is 0 Å². The lowest BCUT2D eigenvalue weighted by atomic mass is 10.2. The van der Waals surface area contributed by atoms with Gasteiger partial charge in [0.05, 0.1) is 25.9 Å². The van der Waals surface area contributed by atoms with Gasteiger partial charge >= 0.3 is 5.97 Å². The molecule has 6 heteroatoms. The van der Waals surface area contributed by atoms with Crippen molar-refractivity contribution < 1.29 is 14.3 Å². The summed E-state index contributed by atoms with van der Waals surface area (Å²) in [5, 5.41) is 7.07. The highest BCUT2D eigenvalue weighted by Crippen LogP contribution is 2.12. The van der Waals surface area contributed by atoms with Gasteiger partial charge in [0, 0.05) is 23.9 Å². The number of nitrogens with zero attached hydrogens (tertiary/aromatic N) is 2. The third-order valence-electron chi connectivity index (χ3n) is 3.27. The van der Waals surface area contributed by atoms with Crippen LogP contribution in [0.1, 0.15) is 24.1 Å². The fourth-order valence-electron chi connectivity index (χ4n) is 2.02. The van der Waals surface area contributed by atoms with Crippen LogP contribution >= 0.6 is 0 Å². The Balaban J connectivity index is 1.93. The molecule has 0 aliphatic carbocycles. The number of methoxy groups -OCH3 is 1. The summed E-state index contributed by atoms with van der Waals surface area (Å²) in [5.74, 6) is -0.929. The van der Waals surface area contributed by atoms with E-state index in [2.05, 4.69) is 15.2 Å². The largest absolute Gasteiger partial charge is 0.466 e. The minimum absolute atomic E-state index is 0.214. The molecule has 0 bridgehead atoms. The van der Waals surface area contributed by atoms with Crippen molar-refractivity contribution in [3.05, 3.63) is 66.0 Å². The Morgan fingerprint density at radius 1 is 1.30 bits per heavy atom. The quantitative estimate of drug-likeness (QED) is 0.652. The minimum Gasteiger partial charge on any atom is -0.466 e. The van der Waals surface area contributed by atoms with Crippen LogP contribution in [0.2, 0.25) is 0 Å². The van der Waals surface area contributed by atoms with Crippen LogP contribution in [-0.2, 0) is 20.9 Å². The van der Waals surface area contributed by atoms with E-state index in [4.69, 9.17) is 0 Å². The summed E-state index contributed by atoms with van der Waals surface area (Å²) in [6.45, 7) is 2.53. The van der Waals surface area contributed by atoms with Gasteiger partial charge in [0.2, 0.25) is 5.91 Å². The number of carbonyl (C=O) groups is 2. The van der Waals surface area contributed by atoms with Crippen molar-refractivity contribution in [3.63, 3.8) is 0 Å². The van der Waals surface area contributed by atoms with Crippen LogP contribution in [0, 0.1) is 0 Å². The number of amides is 1. The smallest absolute Gasteiger partial charge is 0.330 e. The predicted octanol–water partition coefficient (Wildman–Crippen LogP) is 1.84. The molecular weight excluding hydrogens is 294 g/mol. The molecule has 0 fully saturated rings. The first kappa shape index (κ1) is 16.5. The topological polar surface area (TPSA) is 73.2 Å². The van der Waals surface area contributed by atoms with Gasteiger partial charge in [-0.25, -0.2) is 4.79 Å². The molecule has 1 aromatic heterocycles. The molecule has 0 aliphatic heterocycles. The average molecular weight is 313 g/mol. The van der Waals surface area contributed by atoms with Crippen molar-refractivity contribution in [1.29, 1.82) is 0 Å². The Labute approximate surface area is 134 Å². The van der Waals surface area contributed by atoms with Gasteiger partial charge in [-0.05, 0) is 12.5 Å². The van der Waals surface area contributed by atoms with Crippen LogP contribution in [0.15, 0.2) is 54.9 Å². The van der Waals surface area contributed by atoms with Crippen molar-refractivity contribution >= 4 is 11.9 Å². The van der Waals surface area contributed by atoms with Crippen LogP contribution in [-0.4, -0.2) is 28.8 Å². The zero-order chi connectivity index (χ0) is 16.7. The molecule has 0 spiro atoms. The highest BCUT2D eigenvalue weighted by Gasteiger charge is 2.10. The molecule has 0 aliphatic rings. The number of carbonyl (C=O) groups excluding carboxylic acids is 2. The van der Waals surface area contributed by atoms with Crippen molar-refractivity contribution in [3.8, 4) is 0 Å². The molecule has 1 aromatic carbocycles. The fourth-order valence-corrected chi connectivity index (χ4v) is 2.02. The van der Waals surface area contributed by atoms with E-state index in [0.717, 1.165) is 23.3 Å². The van der Waals surface area contributed by atoms with Gasteiger partial charge in [0.1, 0.15) is 0 Å². The van der Waals surface area contributed by atoms with E-state index in [0.29, 0.717) is 6.54 Å². The van der Waals surface area contributed by atoms with E-state index in [1.807, 2.05) is 48.1 Å². The monoisotopic (exact) mass is 313 g/mol. The molecule has 1 amide bonds. The Bertz CT molecular complexity index is 692. The molecule has 0 saturated heterocycles. The highest BCUT2D eigenvalue weighted by atomic mass is 16.5. The molecule has 1 unspecified atom stereocenters. The van der Waals surface area contributed by atoms with Crippen LogP contribution in [0.3, 0.4) is 0 Å². The highest BCUT2D eigenvalue weighted by molar-refractivity contribution is 5.94. The molecule has 1 heterocycles. The third-order valence-corrected chi connectivity index (χ3v) is 3.27. The summed E-state index contributed by atoms with van der Waals surface area (Å²) < 4.78 is 6.25. The summed E-state index contributed by atoms with van der Waals surface area (Å²) in [6.07, 6.45) is 5.84. The van der Waals surface area contributed by atoms with Crippen molar-refractivity contribution in [2.45, 2.75) is 19.5 Å². The van der Waals surface area contributed by atoms with E-state index in [1.54, 1.807) is 6.20 Å². The molecule has 1 N–H and O–H groups in total. The normalized spacial score (nSPS) is 12.1. The number of hydrogen-bond acceptors (Lipinski definition) is 4. The van der Waals surface area contributed by atoms with Gasteiger partial charge < -0.3 is 10.1 Å². The number of rotatable bonds is 6. The third kappa shape index (κ3) is 5.10. The van der Waals surface area contributed by atoms with Gasteiger partial charge in [-0.2, -0.15) is 5.10 Å². The molecular formula is C17H19N3O3. The van der Waals surface area contributed by atoms with Gasteiger partial charge in [-0.3, -0.25) is 9.48 Å². The van der Waals surface area contributed by atoms with Crippen LogP contribution in [0.4, 0.5) is 0 Å². The molecule has 23 heavy (non-hydrogen) atoms. The summed E-state index contributed by atoms with van der Waals surface area (Å²) in [5.41, 5.74) is 2.04. The maximum absolute atomic E-state index is 11.7. The van der Waals surface area contributed by atoms with Crippen molar-refractivity contribution in [2.75, 3.05) is 7.11 Å². The standard InChI is InChI=1S/C17H19N3O3/c1-13(19-16(21)8-9-17(22)23-2)15-10-18-20(12-15)11-14-6-4-3-5-7-14/h3-10,12-13H,11H2,1-2H3,(H,19,21)/b9-8+. The Kier molecular flexibility index (Phi) is 5.68. The first-order valence-corrected chi connectivity index (χ1v) is 7.21. The lowest BCUT2D eigenvalue weighted by Gasteiger charge is -2.09. The molecule has 0 saturated carbocycles. The number of hydrogen-bond donors (Lipinski definition) is 1. The average Bonchev–Trinajstić information content (AvgIpc) is 3.02. The Hall–Kier alpha value is -2.89. The Morgan fingerprint density at radius 3 is 2.74 bits per heavy atom. The number of nitrogens with one attached hydrogen (secondary N) is 1. The van der Waals surface area contributed by atoms with E-state index in [-0.39, 0.29) is 11.9 Å². The SMILES string of the molecule is COC(=O)/C=C/C(=O)NC(C)c1cnn(Cc2ccccc2)c1. The Morgan fingerprint density at radius 2 is 2.04 bits per heavy atom. The second kappa shape index (κ2) is 7.93. The fraction of sp³-hybridized carbons (Fsp3) is 0.235. The zero-order valence-corrected chi connectivity index (χ0v) is 13.1. The first-order valence-electron chi connectivity index (χ1n) is 7.21. The number of aromatic nitrogens is 2. The molecule has 1 atom stereocenters. The van der Waals surface area contributed by atoms with Crippen molar-refractivity contribution in [2.24, 2.45) is 0 Å². The first-order chi connectivity index (χ1) is 11.1. The maximum atomic E-state index is 11.7. The second-order valence-corrected chi connectivity index (χ2v) is 5.04. The van der Waals surface area contributed by atoms with Gasteiger partial charge in [0.25, 0.3) is 0 Å². The summed E-state index contributed by atoms with van der Waals surface area (Å²) >= 11 is 0. The lowest BCUT2D eigenvalue weighted by molar-refractivity contribution is -0.135. The predicted molar refractivity (Wildman–Crippen MR) is 85.5 cm³/mol. The molecule has 120 valence electrons. The molecule has 2 rings (SSSR count). The van der Waals surface area contributed by atoms with Crippen LogP contribution < -0.4 is 5.32 Å². The maximum Gasteiger partial charge on any atom is 0.330 e. The lowest BCUT2D eigenvalue weighted by Crippen LogP contribution is -2.24. The minimum atomic E-state index is -0.566. The van der Waals surface area contributed by atoms with Crippen molar-refractivity contribution in [1.82, 2.24) is 15.1 Å². The van der Waals surface area contributed by atoms with Crippen LogP contribution in [0.25, 0.3) is 0 Å². The summed E-state index contributed by atoms with van der Waals surface area (Å²) in [6, 6.07) is 9.78. The van der Waals surface area contributed by atoms with Gasteiger partial charge in [0.15, 0.2) is 0 Å². The summed E-state index contributed by atoms with van der Waals surface area (Å²) in [4.78, 5) is 22.7. The van der Waals surface area contributed by atoms with Gasteiger partial charge in [-0.1, -0.05) is 30.3 Å². The van der Waals surface area contributed by atoms with Crippen LogP contribution in [0.5, 0.6) is 0 Å². The number of esters is 1. The molecule has 0 radical (unpaired) electrons. The second-order valence-electron chi connectivity index (χ2n) is 5.04. The van der Waals surface area contributed by atoms with E-state index < -0.39 is 5.97 Å². The van der Waals surface area contributed by atoms with Gasteiger partial charge in [-0.15, -0.1) is 0 Å². The molecule has 2 aromatic rings. The molecule has 6 nitrogen and oxygen atoms in total. The number of benzene rings is 1. The van der Waals surface area contributed by atoms with E-state index in [9.17, 15) is 9.59 Å². The number of ether oxygens (including phenoxy) is 1. The van der Waals surface area contributed by atoms with E-state index in [1.165, 1.54) is 7.11 Å². The summed E-state index contributed by atoms with van der Waals surface area (Å²) in [7, 11) is 1.26. The zero-order valence-electron chi connectivity index (χ0n) is 13.1.